The summed E-state index contributed by atoms with van der Waals surface area (Å²) in [5.74, 6) is -1.04. The van der Waals surface area contributed by atoms with E-state index in [1.54, 1.807) is 61.5 Å². The lowest BCUT2D eigenvalue weighted by molar-refractivity contribution is -0.119. The summed E-state index contributed by atoms with van der Waals surface area (Å²) in [5, 5.41) is 3.12. The fourth-order valence-corrected chi connectivity index (χ4v) is 4.83. The second-order valence-electron chi connectivity index (χ2n) is 7.55. The van der Waals surface area contributed by atoms with Crippen LogP contribution >= 0.6 is 11.6 Å². The normalized spacial score (nSPS) is 11.1. The van der Waals surface area contributed by atoms with Gasteiger partial charge in [0, 0.05) is 17.1 Å². The molecule has 0 saturated heterocycles. The highest BCUT2D eigenvalue weighted by atomic mass is 35.5. The van der Waals surface area contributed by atoms with Gasteiger partial charge < -0.3 is 11.1 Å². The van der Waals surface area contributed by atoms with Gasteiger partial charge in [0.15, 0.2) is 0 Å². The molecule has 172 valence electrons. The number of anilines is 1. The summed E-state index contributed by atoms with van der Waals surface area (Å²) in [5.41, 5.74) is 8.12. The van der Waals surface area contributed by atoms with Crippen molar-refractivity contribution >= 4 is 39.1 Å². The van der Waals surface area contributed by atoms with Crippen molar-refractivity contribution in [2.45, 2.75) is 25.3 Å². The number of carbonyl (C=O) groups excluding carboxylic acids is 2. The topological polar surface area (TPSA) is 110 Å². The number of hydrogen-bond donors (Lipinski definition) is 2. The van der Waals surface area contributed by atoms with Gasteiger partial charge in [0.25, 0.3) is 10.0 Å². The average molecular weight is 486 g/mol. The highest BCUT2D eigenvalue weighted by Crippen LogP contribution is 2.30. The molecule has 0 unspecified atom stereocenters. The number of aryl methyl sites for hydroxylation is 1. The Balaban J connectivity index is 1.86. The molecule has 0 radical (unpaired) electrons. The Morgan fingerprint density at radius 1 is 0.970 bits per heavy atom. The highest BCUT2D eigenvalue weighted by Gasteiger charge is 2.28. The number of halogens is 1. The van der Waals surface area contributed by atoms with Crippen molar-refractivity contribution in [2.75, 3.05) is 10.8 Å². The third-order valence-electron chi connectivity index (χ3n) is 5.13. The van der Waals surface area contributed by atoms with Crippen LogP contribution in [0.5, 0.6) is 0 Å². The summed E-state index contributed by atoms with van der Waals surface area (Å²) in [4.78, 5) is 24.0. The van der Waals surface area contributed by atoms with Crippen LogP contribution in [0.25, 0.3) is 0 Å². The van der Waals surface area contributed by atoms with E-state index < -0.39 is 28.4 Å². The number of nitrogens with two attached hydrogens (primary N) is 1. The minimum Gasteiger partial charge on any atom is -0.366 e. The summed E-state index contributed by atoms with van der Waals surface area (Å²) < 4.78 is 28.0. The molecule has 0 saturated carbocycles. The maximum absolute atomic E-state index is 13.5. The number of carbonyl (C=O) groups is 2. The standard InChI is InChI=1S/C24H24ClN3O4S/c1-16-6-12-20(13-7-16)33(31,32)28(22-5-3-4-21(25)17(22)2)15-23(29)27-14-18-8-10-19(11-9-18)24(26)30/h3-13H,14-15H2,1-2H3,(H2,26,30)(H,27,29). The molecule has 0 atom stereocenters. The zero-order valence-electron chi connectivity index (χ0n) is 18.2. The van der Waals surface area contributed by atoms with Gasteiger partial charge in [0.05, 0.1) is 10.6 Å². The summed E-state index contributed by atoms with van der Waals surface area (Å²) >= 11 is 6.23. The molecule has 33 heavy (non-hydrogen) atoms. The number of sulfonamides is 1. The molecule has 0 heterocycles. The molecule has 9 heteroatoms. The third kappa shape index (κ3) is 5.71. The van der Waals surface area contributed by atoms with Gasteiger partial charge in [0.2, 0.25) is 11.8 Å². The lowest BCUT2D eigenvalue weighted by Crippen LogP contribution is -2.41. The first-order valence-electron chi connectivity index (χ1n) is 10.1. The van der Waals surface area contributed by atoms with Crippen molar-refractivity contribution in [1.82, 2.24) is 5.32 Å². The summed E-state index contributed by atoms with van der Waals surface area (Å²) in [7, 11) is -4.04. The number of nitrogens with zero attached hydrogens (tertiary/aromatic N) is 1. The molecule has 3 aromatic carbocycles. The van der Waals surface area contributed by atoms with E-state index >= 15 is 0 Å². The molecule has 0 aliphatic carbocycles. The largest absolute Gasteiger partial charge is 0.366 e. The number of rotatable bonds is 8. The van der Waals surface area contributed by atoms with Crippen LogP contribution in [0, 0.1) is 13.8 Å². The van der Waals surface area contributed by atoms with E-state index in [2.05, 4.69) is 5.32 Å². The Labute approximate surface area is 198 Å². The molecule has 0 bridgehead atoms. The zero-order valence-corrected chi connectivity index (χ0v) is 19.8. The van der Waals surface area contributed by atoms with E-state index in [-0.39, 0.29) is 11.4 Å². The summed E-state index contributed by atoms with van der Waals surface area (Å²) in [6, 6.07) is 17.8. The Kier molecular flexibility index (Phi) is 7.40. The van der Waals surface area contributed by atoms with Crippen molar-refractivity contribution in [3.63, 3.8) is 0 Å². The lowest BCUT2D eigenvalue weighted by Gasteiger charge is -2.26. The molecule has 3 rings (SSSR count). The van der Waals surface area contributed by atoms with Crippen molar-refractivity contribution in [3.05, 3.63) is 94.0 Å². The number of primary amides is 1. The molecule has 2 amide bonds. The monoisotopic (exact) mass is 485 g/mol. The molecule has 0 aromatic heterocycles. The smallest absolute Gasteiger partial charge is 0.264 e. The number of amides is 2. The Hall–Kier alpha value is -3.36. The summed E-state index contributed by atoms with van der Waals surface area (Å²) in [6.07, 6.45) is 0. The van der Waals surface area contributed by atoms with Crippen molar-refractivity contribution < 1.29 is 18.0 Å². The second kappa shape index (κ2) is 10.1. The Morgan fingerprint density at radius 3 is 2.21 bits per heavy atom. The van der Waals surface area contributed by atoms with Gasteiger partial charge in [-0.25, -0.2) is 8.42 Å². The minimum absolute atomic E-state index is 0.0716. The first kappa shape index (κ1) is 24.3. The first-order chi connectivity index (χ1) is 15.6. The number of hydrogen-bond acceptors (Lipinski definition) is 4. The van der Waals surface area contributed by atoms with Crippen LogP contribution in [0.1, 0.15) is 27.0 Å². The van der Waals surface area contributed by atoms with Crippen molar-refractivity contribution in [3.8, 4) is 0 Å². The molecule has 0 aliphatic heterocycles. The van der Waals surface area contributed by atoms with Crippen LogP contribution in [0.4, 0.5) is 5.69 Å². The van der Waals surface area contributed by atoms with Gasteiger partial charge in [0.1, 0.15) is 6.54 Å². The van der Waals surface area contributed by atoms with Crippen LogP contribution in [-0.2, 0) is 21.4 Å². The van der Waals surface area contributed by atoms with Crippen LogP contribution in [0.2, 0.25) is 5.02 Å². The van der Waals surface area contributed by atoms with E-state index in [1.165, 1.54) is 12.1 Å². The van der Waals surface area contributed by atoms with Crippen molar-refractivity contribution in [2.24, 2.45) is 5.73 Å². The number of nitrogens with one attached hydrogen (secondary N) is 1. The molecule has 0 fully saturated rings. The molecule has 3 N–H and O–H groups in total. The maximum Gasteiger partial charge on any atom is 0.264 e. The van der Waals surface area contributed by atoms with Gasteiger partial charge in [-0.1, -0.05) is 47.5 Å². The summed E-state index contributed by atoms with van der Waals surface area (Å²) in [6.45, 7) is 3.29. The SMILES string of the molecule is Cc1ccc(S(=O)(=O)N(CC(=O)NCc2ccc(C(N)=O)cc2)c2cccc(Cl)c2C)cc1. The molecular weight excluding hydrogens is 462 g/mol. The fourth-order valence-electron chi connectivity index (χ4n) is 3.18. The third-order valence-corrected chi connectivity index (χ3v) is 7.32. The van der Waals surface area contributed by atoms with Gasteiger partial charge >= 0.3 is 0 Å². The molecule has 3 aromatic rings. The van der Waals surface area contributed by atoms with Gasteiger partial charge in [-0.2, -0.15) is 0 Å². The van der Waals surface area contributed by atoms with E-state index in [0.717, 1.165) is 15.4 Å². The average Bonchev–Trinajstić information content (AvgIpc) is 2.78. The Bertz CT molecular complexity index is 1270. The van der Waals surface area contributed by atoms with Crippen LogP contribution in [-0.4, -0.2) is 26.8 Å². The Morgan fingerprint density at radius 2 is 1.61 bits per heavy atom. The first-order valence-corrected chi connectivity index (χ1v) is 11.9. The molecule has 0 spiro atoms. The van der Waals surface area contributed by atoms with Crippen LogP contribution in [0.15, 0.2) is 71.6 Å². The van der Waals surface area contributed by atoms with Gasteiger partial charge in [-0.15, -0.1) is 0 Å². The highest BCUT2D eigenvalue weighted by molar-refractivity contribution is 7.92. The minimum atomic E-state index is -4.04. The van der Waals surface area contributed by atoms with Crippen LogP contribution < -0.4 is 15.4 Å². The lowest BCUT2D eigenvalue weighted by atomic mass is 10.1. The maximum atomic E-state index is 13.5. The molecule has 7 nitrogen and oxygen atoms in total. The quantitative estimate of drug-likeness (QED) is 0.508. The zero-order chi connectivity index (χ0) is 24.2. The van der Waals surface area contributed by atoms with E-state index in [1.807, 2.05) is 6.92 Å². The fraction of sp³-hybridized carbons (Fsp3) is 0.167. The predicted octanol–water partition coefficient (Wildman–Crippen LogP) is 3.57. The van der Waals surface area contributed by atoms with Gasteiger partial charge in [-0.3, -0.25) is 13.9 Å². The second-order valence-corrected chi connectivity index (χ2v) is 9.82. The van der Waals surface area contributed by atoms with Crippen LogP contribution in [0.3, 0.4) is 0 Å². The van der Waals surface area contributed by atoms with Gasteiger partial charge in [-0.05, 0) is 61.4 Å². The van der Waals surface area contributed by atoms with E-state index in [0.29, 0.717) is 21.8 Å². The van der Waals surface area contributed by atoms with E-state index in [9.17, 15) is 18.0 Å². The number of benzene rings is 3. The predicted molar refractivity (Wildman–Crippen MR) is 129 cm³/mol. The molecule has 0 aliphatic rings. The van der Waals surface area contributed by atoms with Crippen molar-refractivity contribution in [1.29, 1.82) is 0 Å². The van der Waals surface area contributed by atoms with E-state index in [4.69, 9.17) is 17.3 Å². The molecular formula is C24H24ClN3O4S.